The Morgan fingerprint density at radius 1 is 1.00 bits per heavy atom. The van der Waals surface area contributed by atoms with Gasteiger partial charge in [0.1, 0.15) is 17.2 Å². The highest BCUT2D eigenvalue weighted by atomic mass is 16.5. The van der Waals surface area contributed by atoms with Gasteiger partial charge in [-0.05, 0) is 12.1 Å². The van der Waals surface area contributed by atoms with Gasteiger partial charge >= 0.3 is 0 Å². The van der Waals surface area contributed by atoms with Gasteiger partial charge in [-0.25, -0.2) is 0 Å². The van der Waals surface area contributed by atoms with Gasteiger partial charge in [0, 0.05) is 36.9 Å². The molecule has 0 radical (unpaired) electrons. The van der Waals surface area contributed by atoms with Crippen molar-refractivity contribution in [2.75, 3.05) is 32.7 Å². The molecule has 0 atom stereocenters. The van der Waals surface area contributed by atoms with Crippen molar-refractivity contribution in [3.05, 3.63) is 48.5 Å². The summed E-state index contributed by atoms with van der Waals surface area (Å²) in [5, 5.41) is 3.03. The molecule has 24 heavy (non-hydrogen) atoms. The lowest BCUT2D eigenvalue weighted by Gasteiger charge is -2.10. The molecule has 128 valence electrons. The maximum atomic E-state index is 5.84. The quantitative estimate of drug-likeness (QED) is 0.442. The number of ether oxygens (including phenoxy) is 3. The topological polar surface area (TPSA) is 78.1 Å². The molecule has 2 aromatic carbocycles. The molecule has 6 nitrogen and oxygen atoms in total. The van der Waals surface area contributed by atoms with Crippen molar-refractivity contribution in [3.8, 4) is 17.2 Å². The number of nitrogens with one attached hydrogen (secondary N) is 1. The summed E-state index contributed by atoms with van der Waals surface area (Å²) in [6.07, 6.45) is 0.747. The van der Waals surface area contributed by atoms with E-state index >= 15 is 0 Å². The van der Waals surface area contributed by atoms with Crippen LogP contribution in [0.15, 0.2) is 53.5 Å². The van der Waals surface area contributed by atoms with E-state index in [2.05, 4.69) is 10.3 Å². The Balaban J connectivity index is 1.75. The second-order valence-corrected chi connectivity index (χ2v) is 5.01. The molecule has 0 aliphatic carbocycles. The first kappa shape index (κ1) is 17.5. The van der Waals surface area contributed by atoms with Gasteiger partial charge in [0.15, 0.2) is 5.96 Å². The Bertz CT molecular complexity index is 638. The van der Waals surface area contributed by atoms with Crippen LogP contribution < -0.4 is 25.3 Å². The number of hydrogen-bond donors (Lipinski definition) is 2. The maximum Gasteiger partial charge on any atom is 0.193 e. The number of para-hydroxylation sites is 1. The van der Waals surface area contributed by atoms with Crippen molar-refractivity contribution in [2.45, 2.75) is 6.42 Å². The predicted octanol–water partition coefficient (Wildman–Crippen LogP) is 2.90. The van der Waals surface area contributed by atoms with Gasteiger partial charge < -0.3 is 25.3 Å². The Morgan fingerprint density at radius 2 is 1.62 bits per heavy atom. The monoisotopic (exact) mass is 329 g/mol. The van der Waals surface area contributed by atoms with Gasteiger partial charge in [0.2, 0.25) is 0 Å². The normalized spacial score (nSPS) is 11.0. The van der Waals surface area contributed by atoms with Crippen molar-refractivity contribution in [1.82, 2.24) is 0 Å². The number of anilines is 1. The summed E-state index contributed by atoms with van der Waals surface area (Å²) in [6.45, 7) is 1.10. The highest BCUT2D eigenvalue weighted by Gasteiger charge is 2.02. The highest BCUT2D eigenvalue weighted by molar-refractivity contribution is 5.92. The zero-order valence-corrected chi connectivity index (χ0v) is 14.0. The first-order chi connectivity index (χ1) is 11.7. The van der Waals surface area contributed by atoms with Crippen LogP contribution in [0.25, 0.3) is 0 Å². The van der Waals surface area contributed by atoms with E-state index < -0.39 is 0 Å². The van der Waals surface area contributed by atoms with Gasteiger partial charge in [-0.1, -0.05) is 18.2 Å². The fourth-order valence-corrected chi connectivity index (χ4v) is 2.03. The Kier molecular flexibility index (Phi) is 6.76. The summed E-state index contributed by atoms with van der Waals surface area (Å²) in [7, 11) is 3.21. The third kappa shape index (κ3) is 5.72. The number of nitrogens with two attached hydrogens (primary N) is 1. The summed E-state index contributed by atoms with van der Waals surface area (Å²) < 4.78 is 16.1. The van der Waals surface area contributed by atoms with E-state index in [0.717, 1.165) is 12.1 Å². The lowest BCUT2D eigenvalue weighted by Crippen LogP contribution is -2.23. The first-order valence-electron chi connectivity index (χ1n) is 7.69. The molecule has 0 spiro atoms. The molecule has 0 saturated heterocycles. The van der Waals surface area contributed by atoms with E-state index in [4.69, 9.17) is 19.9 Å². The lowest BCUT2D eigenvalue weighted by atomic mass is 10.3. The molecule has 0 bridgehead atoms. The number of aliphatic imine (C=N–C) groups is 1. The number of methoxy groups -OCH3 is 2. The summed E-state index contributed by atoms with van der Waals surface area (Å²) in [5.74, 6) is 2.48. The fraction of sp³-hybridized carbons (Fsp3) is 0.278. The molecule has 0 aromatic heterocycles. The molecule has 6 heteroatoms. The third-order valence-corrected chi connectivity index (χ3v) is 3.22. The van der Waals surface area contributed by atoms with Gasteiger partial charge in [-0.3, -0.25) is 4.99 Å². The lowest BCUT2D eigenvalue weighted by molar-refractivity contribution is 0.307. The van der Waals surface area contributed by atoms with Crippen LogP contribution in [0.2, 0.25) is 0 Å². The zero-order valence-electron chi connectivity index (χ0n) is 14.0. The smallest absolute Gasteiger partial charge is 0.193 e. The molecule has 0 fully saturated rings. The Hall–Kier alpha value is -2.89. The second kappa shape index (κ2) is 9.29. The molecular formula is C18H23N3O3. The minimum absolute atomic E-state index is 0.393. The van der Waals surface area contributed by atoms with Crippen LogP contribution in [0.3, 0.4) is 0 Å². The summed E-state index contributed by atoms with van der Waals surface area (Å²) >= 11 is 0. The Labute approximate surface area is 142 Å². The number of hydrogen-bond acceptors (Lipinski definition) is 4. The van der Waals surface area contributed by atoms with Crippen LogP contribution in [0.1, 0.15) is 6.42 Å². The number of guanidine groups is 1. The van der Waals surface area contributed by atoms with Gasteiger partial charge in [0.25, 0.3) is 0 Å². The van der Waals surface area contributed by atoms with E-state index in [1.165, 1.54) is 0 Å². The highest BCUT2D eigenvalue weighted by Crippen LogP contribution is 2.27. The number of nitrogens with zero attached hydrogens (tertiary/aromatic N) is 1. The Morgan fingerprint density at radius 3 is 2.25 bits per heavy atom. The molecular weight excluding hydrogens is 306 g/mol. The van der Waals surface area contributed by atoms with Crippen LogP contribution in [0.4, 0.5) is 5.69 Å². The van der Waals surface area contributed by atoms with Crippen LogP contribution >= 0.6 is 0 Å². The standard InChI is InChI=1S/C18H23N3O3/c1-22-15-11-16(23-2)13-17(12-15)24-10-6-9-20-18(19)21-14-7-4-3-5-8-14/h3-5,7-8,11-13H,6,9-10H2,1-2H3,(H3,19,20,21). The fourth-order valence-electron chi connectivity index (χ4n) is 2.03. The van der Waals surface area contributed by atoms with Crippen molar-refractivity contribution in [1.29, 1.82) is 0 Å². The van der Waals surface area contributed by atoms with Crippen LogP contribution in [0, 0.1) is 0 Å². The molecule has 0 aliphatic heterocycles. The molecule has 0 amide bonds. The van der Waals surface area contributed by atoms with E-state index in [-0.39, 0.29) is 0 Å². The maximum absolute atomic E-state index is 5.84. The van der Waals surface area contributed by atoms with E-state index in [0.29, 0.717) is 36.4 Å². The molecule has 3 N–H and O–H groups in total. The number of benzene rings is 2. The van der Waals surface area contributed by atoms with Gasteiger partial charge in [-0.15, -0.1) is 0 Å². The summed E-state index contributed by atoms with van der Waals surface area (Å²) in [6, 6.07) is 15.1. The predicted molar refractivity (Wildman–Crippen MR) is 96.2 cm³/mol. The SMILES string of the molecule is COc1cc(OC)cc(OCCCN=C(N)Nc2ccccc2)c1. The zero-order chi connectivity index (χ0) is 17.2. The first-order valence-corrected chi connectivity index (χ1v) is 7.69. The van der Waals surface area contributed by atoms with Crippen molar-refractivity contribution < 1.29 is 14.2 Å². The van der Waals surface area contributed by atoms with Crippen molar-refractivity contribution >= 4 is 11.6 Å². The summed E-state index contributed by atoms with van der Waals surface area (Å²) in [4.78, 5) is 4.27. The molecule has 2 aromatic rings. The van der Waals surface area contributed by atoms with Gasteiger partial charge in [-0.2, -0.15) is 0 Å². The molecule has 2 rings (SSSR count). The van der Waals surface area contributed by atoms with Crippen LogP contribution in [-0.2, 0) is 0 Å². The molecule has 0 unspecified atom stereocenters. The van der Waals surface area contributed by atoms with Crippen molar-refractivity contribution in [3.63, 3.8) is 0 Å². The van der Waals surface area contributed by atoms with E-state index in [1.54, 1.807) is 20.3 Å². The molecule has 0 saturated carbocycles. The largest absolute Gasteiger partial charge is 0.496 e. The minimum atomic E-state index is 0.393. The average Bonchev–Trinajstić information content (AvgIpc) is 2.62. The average molecular weight is 329 g/mol. The van der Waals surface area contributed by atoms with Crippen LogP contribution in [-0.4, -0.2) is 33.3 Å². The molecule has 0 aliphatic rings. The van der Waals surface area contributed by atoms with Gasteiger partial charge in [0.05, 0.1) is 20.8 Å². The van der Waals surface area contributed by atoms with Crippen LogP contribution in [0.5, 0.6) is 17.2 Å². The molecule has 0 heterocycles. The summed E-state index contributed by atoms with van der Waals surface area (Å²) in [5.41, 5.74) is 6.76. The van der Waals surface area contributed by atoms with E-state index in [1.807, 2.05) is 42.5 Å². The second-order valence-electron chi connectivity index (χ2n) is 5.01. The van der Waals surface area contributed by atoms with Crippen molar-refractivity contribution in [2.24, 2.45) is 10.7 Å². The minimum Gasteiger partial charge on any atom is -0.496 e. The number of rotatable bonds is 8. The third-order valence-electron chi connectivity index (χ3n) is 3.22. The van der Waals surface area contributed by atoms with E-state index in [9.17, 15) is 0 Å².